The Morgan fingerprint density at radius 1 is 1.15 bits per heavy atom. The fraction of sp³-hybridized carbons (Fsp3) is 0.318. The Labute approximate surface area is 161 Å². The van der Waals surface area contributed by atoms with Crippen LogP contribution in [0.25, 0.3) is 6.08 Å². The molecule has 1 aliphatic heterocycles. The minimum absolute atomic E-state index is 0.157. The first-order valence-corrected chi connectivity index (χ1v) is 9.37. The van der Waals surface area contributed by atoms with Gasteiger partial charge in [0.15, 0.2) is 0 Å². The maximum Gasteiger partial charge on any atom is 0.318 e. The van der Waals surface area contributed by atoms with Gasteiger partial charge in [-0.15, -0.1) is 0 Å². The van der Waals surface area contributed by atoms with Gasteiger partial charge in [0.05, 0.1) is 7.11 Å². The second-order valence-electron chi connectivity index (χ2n) is 6.76. The number of benzene rings is 2. The number of carbonyl (C=O) groups excluding carboxylic acids is 1. The molecule has 3 rings (SSSR count). The van der Waals surface area contributed by atoms with Gasteiger partial charge in [0.2, 0.25) is 0 Å². The molecule has 0 aromatic heterocycles. The number of nitrogens with one attached hydrogen (secondary N) is 2. The van der Waals surface area contributed by atoms with Gasteiger partial charge in [0, 0.05) is 31.9 Å². The second-order valence-corrected chi connectivity index (χ2v) is 6.76. The van der Waals surface area contributed by atoms with Gasteiger partial charge in [-0.05, 0) is 42.2 Å². The molecule has 0 aliphatic carbocycles. The lowest BCUT2D eigenvalue weighted by molar-refractivity contribution is 0.187. The Kier molecular flexibility index (Phi) is 6.88. The van der Waals surface area contributed by atoms with Crippen LogP contribution < -0.4 is 15.4 Å². The smallest absolute Gasteiger partial charge is 0.318 e. The van der Waals surface area contributed by atoms with E-state index in [1.165, 1.54) is 5.56 Å². The van der Waals surface area contributed by atoms with E-state index in [0.717, 1.165) is 43.8 Å². The number of likely N-dealkylation sites (tertiary alicyclic amines) is 1. The van der Waals surface area contributed by atoms with E-state index in [2.05, 4.69) is 39.8 Å². The van der Waals surface area contributed by atoms with Crippen molar-refractivity contribution in [1.29, 1.82) is 0 Å². The van der Waals surface area contributed by atoms with Crippen LogP contribution in [0.15, 0.2) is 60.8 Å². The average Bonchev–Trinajstić information content (AvgIpc) is 2.70. The second kappa shape index (κ2) is 9.78. The number of ether oxygens (including phenoxy) is 1. The van der Waals surface area contributed by atoms with Crippen molar-refractivity contribution in [2.24, 2.45) is 0 Å². The summed E-state index contributed by atoms with van der Waals surface area (Å²) >= 11 is 0. The van der Waals surface area contributed by atoms with Crippen molar-refractivity contribution >= 4 is 12.1 Å². The molecule has 1 aliphatic rings. The largest absolute Gasteiger partial charge is 0.497 e. The molecule has 0 atom stereocenters. The number of rotatable bonds is 6. The summed E-state index contributed by atoms with van der Waals surface area (Å²) in [4.78, 5) is 14.5. The molecule has 0 unspecified atom stereocenters. The third kappa shape index (κ3) is 6.15. The Bertz CT molecular complexity index is 753. The number of urea groups is 1. The van der Waals surface area contributed by atoms with Crippen LogP contribution in [0.4, 0.5) is 4.79 Å². The van der Waals surface area contributed by atoms with Gasteiger partial charge in [0.25, 0.3) is 0 Å². The molecule has 1 fully saturated rings. The van der Waals surface area contributed by atoms with Crippen molar-refractivity contribution in [2.45, 2.75) is 25.4 Å². The predicted molar refractivity (Wildman–Crippen MR) is 108 cm³/mol. The molecule has 2 aromatic carbocycles. The zero-order chi connectivity index (χ0) is 18.9. The fourth-order valence-corrected chi connectivity index (χ4v) is 3.26. The third-order valence-corrected chi connectivity index (χ3v) is 4.76. The fourth-order valence-electron chi connectivity index (χ4n) is 3.26. The molecule has 0 saturated carbocycles. The van der Waals surface area contributed by atoms with Gasteiger partial charge in [0.1, 0.15) is 5.75 Å². The number of nitrogens with zero attached hydrogens (tertiary/aromatic N) is 1. The van der Waals surface area contributed by atoms with Gasteiger partial charge in [-0.2, -0.15) is 0 Å². The Balaban J connectivity index is 1.38. The summed E-state index contributed by atoms with van der Waals surface area (Å²) in [5, 5.41) is 5.84. The molecule has 5 heteroatoms. The number of carbonyl (C=O) groups is 1. The molecule has 1 saturated heterocycles. The van der Waals surface area contributed by atoms with E-state index < -0.39 is 0 Å². The van der Waals surface area contributed by atoms with Crippen LogP contribution in [0.1, 0.15) is 24.0 Å². The molecule has 0 bridgehead atoms. The summed E-state index contributed by atoms with van der Waals surface area (Å²) in [6, 6.07) is 18.3. The van der Waals surface area contributed by atoms with Crippen molar-refractivity contribution in [3.05, 3.63) is 71.9 Å². The van der Waals surface area contributed by atoms with Gasteiger partial charge < -0.3 is 15.4 Å². The van der Waals surface area contributed by atoms with Crippen molar-refractivity contribution in [3.63, 3.8) is 0 Å². The Morgan fingerprint density at radius 3 is 2.67 bits per heavy atom. The minimum atomic E-state index is -0.157. The molecule has 1 heterocycles. The number of hydrogen-bond donors (Lipinski definition) is 2. The highest BCUT2D eigenvalue weighted by molar-refractivity contribution is 5.76. The first-order chi connectivity index (χ1) is 13.2. The summed E-state index contributed by atoms with van der Waals surface area (Å²) in [5.74, 6) is 0.795. The van der Waals surface area contributed by atoms with E-state index in [9.17, 15) is 4.79 Å². The van der Waals surface area contributed by atoms with E-state index in [0.29, 0.717) is 0 Å². The Hall–Kier alpha value is -2.79. The van der Waals surface area contributed by atoms with Crippen molar-refractivity contribution in [3.8, 4) is 5.75 Å². The minimum Gasteiger partial charge on any atom is -0.497 e. The number of methoxy groups -OCH3 is 1. The normalized spacial score (nSPS) is 15.6. The molecule has 142 valence electrons. The first-order valence-electron chi connectivity index (χ1n) is 9.37. The zero-order valence-electron chi connectivity index (χ0n) is 15.7. The van der Waals surface area contributed by atoms with E-state index in [1.807, 2.05) is 36.4 Å². The lowest BCUT2D eigenvalue weighted by Crippen LogP contribution is -2.46. The molecule has 27 heavy (non-hydrogen) atoms. The van der Waals surface area contributed by atoms with E-state index in [-0.39, 0.29) is 12.1 Å². The van der Waals surface area contributed by atoms with Gasteiger partial charge in [-0.3, -0.25) is 4.90 Å². The molecule has 2 N–H and O–H groups in total. The van der Waals surface area contributed by atoms with E-state index in [4.69, 9.17) is 4.74 Å². The lowest BCUT2D eigenvalue weighted by Gasteiger charge is -2.32. The molecule has 0 radical (unpaired) electrons. The van der Waals surface area contributed by atoms with Gasteiger partial charge >= 0.3 is 6.03 Å². The molecular weight excluding hydrogens is 338 g/mol. The number of piperidine rings is 1. The highest BCUT2D eigenvalue weighted by atomic mass is 16.5. The summed E-state index contributed by atoms with van der Waals surface area (Å²) in [6.45, 7) is 2.97. The number of hydrogen-bond acceptors (Lipinski definition) is 3. The highest BCUT2D eigenvalue weighted by Crippen LogP contribution is 2.14. The van der Waals surface area contributed by atoms with Gasteiger partial charge in [-0.25, -0.2) is 4.79 Å². The van der Waals surface area contributed by atoms with Crippen LogP contribution in [0.5, 0.6) is 5.75 Å². The van der Waals surface area contributed by atoms with Crippen molar-refractivity contribution < 1.29 is 9.53 Å². The summed E-state index contributed by atoms with van der Waals surface area (Å²) in [5.41, 5.74) is 2.31. The molecule has 0 spiro atoms. The zero-order valence-corrected chi connectivity index (χ0v) is 15.7. The van der Waals surface area contributed by atoms with Crippen LogP contribution in [-0.2, 0) is 6.54 Å². The predicted octanol–water partition coefficient (Wildman–Crippen LogP) is 3.63. The van der Waals surface area contributed by atoms with E-state index >= 15 is 0 Å². The van der Waals surface area contributed by atoms with Crippen molar-refractivity contribution in [1.82, 2.24) is 15.5 Å². The first kappa shape index (κ1) is 19.0. The number of amides is 2. The maximum absolute atomic E-state index is 12.1. The van der Waals surface area contributed by atoms with Crippen LogP contribution in [0.2, 0.25) is 0 Å². The van der Waals surface area contributed by atoms with Crippen LogP contribution in [-0.4, -0.2) is 37.2 Å². The van der Waals surface area contributed by atoms with Gasteiger partial charge in [-0.1, -0.05) is 42.5 Å². The Morgan fingerprint density at radius 2 is 1.93 bits per heavy atom. The topological polar surface area (TPSA) is 53.6 Å². The maximum atomic E-state index is 12.1. The van der Waals surface area contributed by atoms with E-state index in [1.54, 1.807) is 13.3 Å². The quantitative estimate of drug-likeness (QED) is 0.822. The third-order valence-electron chi connectivity index (χ3n) is 4.76. The summed E-state index contributed by atoms with van der Waals surface area (Å²) in [6.07, 6.45) is 5.46. The lowest BCUT2D eigenvalue weighted by atomic mass is 10.0. The van der Waals surface area contributed by atoms with Crippen LogP contribution >= 0.6 is 0 Å². The van der Waals surface area contributed by atoms with Crippen LogP contribution in [0, 0.1) is 0 Å². The average molecular weight is 365 g/mol. The summed E-state index contributed by atoms with van der Waals surface area (Å²) in [7, 11) is 1.64. The van der Waals surface area contributed by atoms with Crippen molar-refractivity contribution in [2.75, 3.05) is 20.2 Å². The molecule has 5 nitrogen and oxygen atoms in total. The summed E-state index contributed by atoms with van der Waals surface area (Å²) < 4.78 is 5.19. The highest BCUT2D eigenvalue weighted by Gasteiger charge is 2.20. The van der Waals surface area contributed by atoms with Crippen LogP contribution in [0.3, 0.4) is 0 Å². The molecular formula is C22H27N3O2. The molecule has 2 aromatic rings. The molecule has 2 amide bonds. The monoisotopic (exact) mass is 365 g/mol. The standard InChI is InChI=1S/C22H27N3O2/c1-27-21-9-5-8-18(16-21)10-13-23-22(26)24-20-11-14-25(15-12-20)17-19-6-3-2-4-7-19/h2-10,13,16,20H,11-12,14-15,17H2,1H3,(H2,23,24,26)/b13-10+. The SMILES string of the molecule is COc1cccc(/C=C/NC(=O)NC2CCN(Cc3ccccc3)CC2)c1.